The van der Waals surface area contributed by atoms with Crippen molar-refractivity contribution in [1.29, 1.82) is 5.26 Å². The van der Waals surface area contributed by atoms with Crippen molar-refractivity contribution in [3.63, 3.8) is 0 Å². The van der Waals surface area contributed by atoms with Gasteiger partial charge in [0.25, 0.3) is 0 Å². The lowest BCUT2D eigenvalue weighted by Gasteiger charge is -2.36. The first kappa shape index (κ1) is 13.8. The van der Waals surface area contributed by atoms with E-state index in [1.165, 1.54) is 0 Å². The largest absolute Gasteiger partial charge is 0.388 e. The number of nitrogens with one attached hydrogen (secondary N) is 1. The average molecular weight is 260 g/mol. The highest BCUT2D eigenvalue weighted by molar-refractivity contribution is 5.56. The number of anilines is 1. The van der Waals surface area contributed by atoms with Crippen LogP contribution in [0, 0.1) is 11.3 Å². The number of nitrogens with zero attached hydrogens (tertiary/aromatic N) is 3. The minimum atomic E-state index is -0.635. The van der Waals surface area contributed by atoms with E-state index in [1.807, 2.05) is 13.8 Å². The highest BCUT2D eigenvalue weighted by atomic mass is 16.3. The second-order valence-electron chi connectivity index (χ2n) is 5.10. The fraction of sp³-hybridized carbons (Fsp3) is 0.643. The van der Waals surface area contributed by atoms with Crippen LogP contribution in [0.15, 0.2) is 0 Å². The molecular weight excluding hydrogens is 240 g/mol. The molecule has 0 radical (unpaired) electrons. The van der Waals surface area contributed by atoms with Crippen LogP contribution in [-0.2, 0) is 12.8 Å². The molecule has 0 unspecified atom stereocenters. The van der Waals surface area contributed by atoms with Gasteiger partial charge in [-0.1, -0.05) is 13.8 Å². The van der Waals surface area contributed by atoms with E-state index >= 15 is 0 Å². The summed E-state index contributed by atoms with van der Waals surface area (Å²) in [5.41, 5.74) is 1.77. The normalized spacial score (nSPS) is 16.5. The summed E-state index contributed by atoms with van der Waals surface area (Å²) in [7, 11) is 0. The first-order valence-electron chi connectivity index (χ1n) is 6.88. The third-order valence-electron chi connectivity index (χ3n) is 3.83. The van der Waals surface area contributed by atoms with Gasteiger partial charge in [-0.3, -0.25) is 0 Å². The molecule has 5 heteroatoms. The lowest BCUT2D eigenvalue weighted by molar-refractivity contribution is -0.0202. The van der Waals surface area contributed by atoms with Crippen molar-refractivity contribution in [3.8, 4) is 6.07 Å². The molecule has 0 aliphatic heterocycles. The SMILES string of the molecule is CCc1nnc(NCC2(O)CCC2)c(C#N)c1CC. The van der Waals surface area contributed by atoms with E-state index in [2.05, 4.69) is 21.6 Å². The van der Waals surface area contributed by atoms with Gasteiger partial charge in [0.15, 0.2) is 5.82 Å². The summed E-state index contributed by atoms with van der Waals surface area (Å²) in [6.45, 7) is 4.46. The first-order chi connectivity index (χ1) is 9.13. The van der Waals surface area contributed by atoms with Crippen molar-refractivity contribution in [3.05, 3.63) is 16.8 Å². The molecule has 1 heterocycles. The number of hydrogen-bond donors (Lipinski definition) is 2. The van der Waals surface area contributed by atoms with Crippen molar-refractivity contribution in [2.45, 2.75) is 51.6 Å². The molecule has 102 valence electrons. The summed E-state index contributed by atoms with van der Waals surface area (Å²) in [5, 5.41) is 30.8. The molecular formula is C14H20N4O. The number of aliphatic hydroxyl groups is 1. The van der Waals surface area contributed by atoms with E-state index in [-0.39, 0.29) is 0 Å². The van der Waals surface area contributed by atoms with E-state index in [9.17, 15) is 10.4 Å². The Bertz CT molecular complexity index is 503. The van der Waals surface area contributed by atoms with Crippen molar-refractivity contribution < 1.29 is 5.11 Å². The summed E-state index contributed by atoms with van der Waals surface area (Å²) in [6.07, 6.45) is 4.21. The van der Waals surface area contributed by atoms with E-state index in [4.69, 9.17) is 0 Å². The Labute approximate surface area is 113 Å². The van der Waals surface area contributed by atoms with Crippen LogP contribution in [0.2, 0.25) is 0 Å². The topological polar surface area (TPSA) is 81.8 Å². The highest BCUT2D eigenvalue weighted by Crippen LogP contribution is 2.32. The van der Waals surface area contributed by atoms with Gasteiger partial charge in [-0.15, -0.1) is 5.10 Å². The lowest BCUT2D eigenvalue weighted by Crippen LogP contribution is -2.43. The van der Waals surface area contributed by atoms with Crippen molar-refractivity contribution in [1.82, 2.24) is 10.2 Å². The molecule has 1 saturated carbocycles. The van der Waals surface area contributed by atoms with Gasteiger partial charge in [-0.05, 0) is 37.7 Å². The maximum absolute atomic E-state index is 10.1. The van der Waals surface area contributed by atoms with Gasteiger partial charge in [0.05, 0.1) is 11.3 Å². The van der Waals surface area contributed by atoms with Crippen LogP contribution in [0.4, 0.5) is 5.82 Å². The predicted molar refractivity (Wildman–Crippen MR) is 72.8 cm³/mol. The van der Waals surface area contributed by atoms with Gasteiger partial charge in [0.2, 0.25) is 0 Å². The Kier molecular flexibility index (Phi) is 4.01. The molecule has 0 atom stereocenters. The Balaban J connectivity index is 2.23. The summed E-state index contributed by atoms with van der Waals surface area (Å²) in [6, 6.07) is 2.22. The molecule has 19 heavy (non-hydrogen) atoms. The van der Waals surface area contributed by atoms with Crippen LogP contribution in [0.25, 0.3) is 0 Å². The molecule has 2 rings (SSSR count). The fourth-order valence-electron chi connectivity index (χ4n) is 2.43. The summed E-state index contributed by atoms with van der Waals surface area (Å²) < 4.78 is 0. The highest BCUT2D eigenvalue weighted by Gasteiger charge is 2.34. The number of aromatic nitrogens is 2. The molecule has 1 aromatic rings. The lowest BCUT2D eigenvalue weighted by atomic mass is 9.80. The molecule has 0 aromatic carbocycles. The monoisotopic (exact) mass is 260 g/mol. The van der Waals surface area contributed by atoms with Crippen LogP contribution >= 0.6 is 0 Å². The molecule has 1 aromatic heterocycles. The summed E-state index contributed by atoms with van der Waals surface area (Å²) in [4.78, 5) is 0. The van der Waals surface area contributed by atoms with E-state index in [0.29, 0.717) is 17.9 Å². The number of rotatable bonds is 5. The molecule has 1 fully saturated rings. The van der Waals surface area contributed by atoms with Gasteiger partial charge in [-0.25, -0.2) is 0 Å². The maximum atomic E-state index is 10.1. The van der Waals surface area contributed by atoms with Crippen LogP contribution in [0.3, 0.4) is 0 Å². The van der Waals surface area contributed by atoms with Gasteiger partial charge >= 0.3 is 0 Å². The minimum absolute atomic E-state index is 0.436. The Morgan fingerprint density at radius 2 is 2.05 bits per heavy atom. The first-order valence-corrected chi connectivity index (χ1v) is 6.88. The van der Waals surface area contributed by atoms with Crippen LogP contribution in [-0.4, -0.2) is 27.4 Å². The Morgan fingerprint density at radius 1 is 1.32 bits per heavy atom. The Hall–Kier alpha value is -1.67. The molecule has 0 bridgehead atoms. The third-order valence-corrected chi connectivity index (χ3v) is 3.83. The molecule has 1 aliphatic carbocycles. The molecule has 1 aliphatic rings. The van der Waals surface area contributed by atoms with Crippen molar-refractivity contribution in [2.75, 3.05) is 11.9 Å². The zero-order chi connectivity index (χ0) is 13.9. The molecule has 0 saturated heterocycles. The molecule has 5 nitrogen and oxygen atoms in total. The van der Waals surface area contributed by atoms with E-state index < -0.39 is 5.60 Å². The molecule has 0 spiro atoms. The molecule has 2 N–H and O–H groups in total. The van der Waals surface area contributed by atoms with E-state index in [0.717, 1.165) is 43.4 Å². The third kappa shape index (κ3) is 2.69. The minimum Gasteiger partial charge on any atom is -0.388 e. The maximum Gasteiger partial charge on any atom is 0.167 e. The number of nitriles is 1. The predicted octanol–water partition coefficient (Wildman–Crippen LogP) is 1.80. The van der Waals surface area contributed by atoms with Crippen LogP contribution in [0.5, 0.6) is 0 Å². The van der Waals surface area contributed by atoms with Crippen LogP contribution < -0.4 is 5.32 Å². The van der Waals surface area contributed by atoms with Crippen molar-refractivity contribution >= 4 is 5.82 Å². The van der Waals surface area contributed by atoms with Gasteiger partial charge in [0.1, 0.15) is 11.6 Å². The molecule has 0 amide bonds. The summed E-state index contributed by atoms with van der Waals surface area (Å²) in [5.74, 6) is 0.497. The quantitative estimate of drug-likeness (QED) is 0.843. The fourth-order valence-corrected chi connectivity index (χ4v) is 2.43. The second-order valence-corrected chi connectivity index (χ2v) is 5.10. The van der Waals surface area contributed by atoms with Crippen LogP contribution in [0.1, 0.15) is 49.9 Å². The summed E-state index contributed by atoms with van der Waals surface area (Å²) >= 11 is 0. The average Bonchev–Trinajstić information content (AvgIpc) is 2.41. The van der Waals surface area contributed by atoms with Gasteiger partial charge < -0.3 is 10.4 Å². The standard InChI is InChI=1S/C14H20N4O/c1-3-10-11(8-15)13(18-17-12(10)4-2)16-9-14(19)6-5-7-14/h19H,3-7,9H2,1-2H3,(H,16,18). The van der Waals surface area contributed by atoms with E-state index in [1.54, 1.807) is 0 Å². The Morgan fingerprint density at radius 3 is 2.53 bits per heavy atom. The van der Waals surface area contributed by atoms with Gasteiger partial charge in [0, 0.05) is 6.54 Å². The number of aryl methyl sites for hydroxylation is 1. The zero-order valence-electron chi connectivity index (χ0n) is 11.5. The van der Waals surface area contributed by atoms with Crippen molar-refractivity contribution in [2.24, 2.45) is 0 Å². The smallest absolute Gasteiger partial charge is 0.167 e. The second kappa shape index (κ2) is 5.54. The zero-order valence-corrected chi connectivity index (χ0v) is 11.5. The number of hydrogen-bond acceptors (Lipinski definition) is 5. The van der Waals surface area contributed by atoms with Gasteiger partial charge in [-0.2, -0.15) is 10.4 Å².